The number of anilines is 1. The number of carbonyl (C=O) groups excluding carboxylic acids is 1. The number of carbonyl (C=O) groups is 1. The van der Waals surface area contributed by atoms with E-state index in [9.17, 15) is 4.79 Å². The molecule has 1 aliphatic heterocycles. The summed E-state index contributed by atoms with van der Waals surface area (Å²) >= 11 is 0. The minimum absolute atomic E-state index is 0.0483. The Bertz CT molecular complexity index is 445. The summed E-state index contributed by atoms with van der Waals surface area (Å²) in [5, 5.41) is 3.04. The van der Waals surface area contributed by atoms with E-state index in [1.807, 2.05) is 19.1 Å². The fourth-order valence-electron chi connectivity index (χ4n) is 2.85. The van der Waals surface area contributed by atoms with Crippen LogP contribution >= 0.6 is 0 Å². The van der Waals surface area contributed by atoms with Crippen LogP contribution in [0.15, 0.2) is 24.3 Å². The molecular formula is C18H28N2O. The Kier molecular flexibility index (Phi) is 5.80. The number of likely N-dealkylation sites (tertiary alicyclic amines) is 1. The van der Waals surface area contributed by atoms with Crippen molar-refractivity contribution < 1.29 is 4.79 Å². The van der Waals surface area contributed by atoms with Gasteiger partial charge in [-0.2, -0.15) is 0 Å². The van der Waals surface area contributed by atoms with Crippen LogP contribution < -0.4 is 5.32 Å². The summed E-state index contributed by atoms with van der Waals surface area (Å²) in [7, 11) is 0. The lowest BCUT2D eigenvalue weighted by Gasteiger charge is -2.26. The standard InChI is InChI=1S/C18H28N2O/c1-14(2)16-8-10-17(11-9-16)19-18(21)15(3)20-12-6-4-5-7-13-20/h8-11,14-15H,4-7,12-13H2,1-3H3,(H,19,21). The zero-order valence-electron chi connectivity index (χ0n) is 13.6. The molecule has 1 N–H and O–H groups in total. The van der Waals surface area contributed by atoms with E-state index in [-0.39, 0.29) is 11.9 Å². The predicted octanol–water partition coefficient (Wildman–Crippen LogP) is 4.01. The molecule has 116 valence electrons. The molecule has 3 nitrogen and oxygen atoms in total. The smallest absolute Gasteiger partial charge is 0.241 e. The third-order valence-electron chi connectivity index (χ3n) is 4.41. The fourth-order valence-corrected chi connectivity index (χ4v) is 2.85. The highest BCUT2D eigenvalue weighted by Crippen LogP contribution is 2.18. The second-order valence-corrected chi connectivity index (χ2v) is 6.39. The molecule has 0 bridgehead atoms. The SMILES string of the molecule is CC(C)c1ccc(NC(=O)C(C)N2CCCCCC2)cc1. The van der Waals surface area contributed by atoms with Gasteiger partial charge in [-0.25, -0.2) is 0 Å². The zero-order valence-corrected chi connectivity index (χ0v) is 13.6. The van der Waals surface area contributed by atoms with Crippen LogP contribution in [0.4, 0.5) is 5.69 Å². The molecule has 1 aromatic carbocycles. The van der Waals surface area contributed by atoms with Crippen molar-refractivity contribution in [2.24, 2.45) is 0 Å². The monoisotopic (exact) mass is 288 g/mol. The van der Waals surface area contributed by atoms with Gasteiger partial charge < -0.3 is 5.32 Å². The van der Waals surface area contributed by atoms with E-state index in [1.165, 1.54) is 31.2 Å². The third-order valence-corrected chi connectivity index (χ3v) is 4.41. The number of amides is 1. The van der Waals surface area contributed by atoms with Crippen molar-refractivity contribution in [3.8, 4) is 0 Å². The Balaban J connectivity index is 1.93. The highest BCUT2D eigenvalue weighted by Gasteiger charge is 2.22. The van der Waals surface area contributed by atoms with Crippen LogP contribution in [0.25, 0.3) is 0 Å². The van der Waals surface area contributed by atoms with Crippen LogP contribution in [0, 0.1) is 0 Å². The van der Waals surface area contributed by atoms with Crippen LogP contribution in [-0.2, 0) is 4.79 Å². The van der Waals surface area contributed by atoms with Crippen molar-refractivity contribution in [2.45, 2.75) is 58.4 Å². The molecule has 1 atom stereocenters. The van der Waals surface area contributed by atoms with Crippen molar-refractivity contribution in [2.75, 3.05) is 18.4 Å². The Morgan fingerprint density at radius 3 is 2.10 bits per heavy atom. The first-order chi connectivity index (χ1) is 10.1. The lowest BCUT2D eigenvalue weighted by molar-refractivity contribution is -0.120. The van der Waals surface area contributed by atoms with Gasteiger partial charge in [-0.3, -0.25) is 9.69 Å². The largest absolute Gasteiger partial charge is 0.325 e. The van der Waals surface area contributed by atoms with Crippen molar-refractivity contribution >= 4 is 11.6 Å². The van der Waals surface area contributed by atoms with Gasteiger partial charge in [0.2, 0.25) is 5.91 Å². The van der Waals surface area contributed by atoms with Crippen molar-refractivity contribution in [3.63, 3.8) is 0 Å². The van der Waals surface area contributed by atoms with Gasteiger partial charge >= 0.3 is 0 Å². The normalized spacial score (nSPS) is 18.3. The number of rotatable bonds is 4. The van der Waals surface area contributed by atoms with Gasteiger partial charge in [0.1, 0.15) is 0 Å². The van der Waals surface area contributed by atoms with Crippen LogP contribution in [0.1, 0.15) is 57.9 Å². The van der Waals surface area contributed by atoms with Gasteiger partial charge in [-0.15, -0.1) is 0 Å². The van der Waals surface area contributed by atoms with Gasteiger partial charge in [0.15, 0.2) is 0 Å². The topological polar surface area (TPSA) is 32.3 Å². The molecule has 0 aliphatic carbocycles. The van der Waals surface area contributed by atoms with Crippen molar-refractivity contribution in [3.05, 3.63) is 29.8 Å². The lowest BCUT2D eigenvalue weighted by Crippen LogP contribution is -2.42. The summed E-state index contributed by atoms with van der Waals surface area (Å²) in [4.78, 5) is 14.7. The maximum absolute atomic E-state index is 12.4. The van der Waals surface area contributed by atoms with E-state index < -0.39 is 0 Å². The molecule has 2 rings (SSSR count). The van der Waals surface area contributed by atoms with E-state index in [1.54, 1.807) is 0 Å². The van der Waals surface area contributed by atoms with E-state index in [2.05, 4.69) is 36.2 Å². The minimum atomic E-state index is -0.0483. The van der Waals surface area contributed by atoms with Crippen molar-refractivity contribution in [1.82, 2.24) is 4.90 Å². The number of nitrogens with zero attached hydrogens (tertiary/aromatic N) is 1. The highest BCUT2D eigenvalue weighted by atomic mass is 16.2. The minimum Gasteiger partial charge on any atom is -0.325 e. The molecule has 1 fully saturated rings. The first-order valence-corrected chi connectivity index (χ1v) is 8.23. The predicted molar refractivity (Wildman–Crippen MR) is 88.7 cm³/mol. The summed E-state index contributed by atoms with van der Waals surface area (Å²) in [6.45, 7) is 8.45. The average Bonchev–Trinajstić information content (AvgIpc) is 2.76. The molecule has 3 heteroatoms. The zero-order chi connectivity index (χ0) is 15.2. The van der Waals surface area contributed by atoms with Gasteiger partial charge in [-0.05, 0) is 56.5 Å². The first kappa shape index (κ1) is 16.0. The Labute approximate surface area is 128 Å². The third kappa shape index (κ3) is 4.57. The van der Waals surface area contributed by atoms with Crippen LogP contribution in [0.3, 0.4) is 0 Å². The second kappa shape index (κ2) is 7.60. The quantitative estimate of drug-likeness (QED) is 0.907. The molecular weight excluding hydrogens is 260 g/mol. The molecule has 1 amide bonds. The molecule has 0 spiro atoms. The van der Waals surface area contributed by atoms with Gasteiger partial charge in [-0.1, -0.05) is 38.8 Å². The number of benzene rings is 1. The van der Waals surface area contributed by atoms with E-state index >= 15 is 0 Å². The maximum atomic E-state index is 12.4. The molecule has 0 saturated carbocycles. The summed E-state index contributed by atoms with van der Waals surface area (Å²) in [6, 6.07) is 8.14. The summed E-state index contributed by atoms with van der Waals surface area (Å²) in [5.74, 6) is 0.625. The Hall–Kier alpha value is -1.35. The molecule has 0 aromatic heterocycles. The molecule has 1 saturated heterocycles. The number of hydrogen-bond acceptors (Lipinski definition) is 2. The van der Waals surface area contributed by atoms with E-state index in [0.29, 0.717) is 5.92 Å². The van der Waals surface area contributed by atoms with E-state index in [0.717, 1.165) is 18.8 Å². The molecule has 1 heterocycles. The molecule has 0 radical (unpaired) electrons. The fraction of sp³-hybridized carbons (Fsp3) is 0.611. The summed E-state index contributed by atoms with van der Waals surface area (Å²) < 4.78 is 0. The maximum Gasteiger partial charge on any atom is 0.241 e. The molecule has 1 aromatic rings. The van der Waals surface area contributed by atoms with Crippen LogP contribution in [0.2, 0.25) is 0 Å². The van der Waals surface area contributed by atoms with E-state index in [4.69, 9.17) is 0 Å². The lowest BCUT2D eigenvalue weighted by atomic mass is 10.0. The Morgan fingerprint density at radius 2 is 1.57 bits per heavy atom. The number of nitrogens with one attached hydrogen (secondary N) is 1. The Morgan fingerprint density at radius 1 is 1.00 bits per heavy atom. The average molecular weight is 288 g/mol. The molecule has 1 aliphatic rings. The van der Waals surface area contributed by atoms with Gasteiger partial charge in [0.05, 0.1) is 6.04 Å². The van der Waals surface area contributed by atoms with Crippen LogP contribution in [0.5, 0.6) is 0 Å². The molecule has 1 unspecified atom stereocenters. The molecule has 21 heavy (non-hydrogen) atoms. The highest BCUT2D eigenvalue weighted by molar-refractivity contribution is 5.94. The van der Waals surface area contributed by atoms with Crippen LogP contribution in [-0.4, -0.2) is 29.9 Å². The summed E-state index contributed by atoms with van der Waals surface area (Å²) in [5.41, 5.74) is 2.19. The van der Waals surface area contributed by atoms with Gasteiger partial charge in [0.25, 0.3) is 0 Å². The van der Waals surface area contributed by atoms with Gasteiger partial charge in [0, 0.05) is 5.69 Å². The first-order valence-electron chi connectivity index (χ1n) is 8.23. The second-order valence-electron chi connectivity index (χ2n) is 6.39. The number of hydrogen-bond donors (Lipinski definition) is 1. The summed E-state index contributed by atoms with van der Waals surface area (Å²) in [6.07, 6.45) is 5.00. The van der Waals surface area contributed by atoms with Crippen molar-refractivity contribution in [1.29, 1.82) is 0 Å².